The highest BCUT2D eigenvalue weighted by Gasteiger charge is 2.21. The van der Waals surface area contributed by atoms with Crippen molar-refractivity contribution in [3.8, 4) is 11.5 Å². The SMILES string of the molecule is CCCNCc1cccc(OC)c1OCOCC1CC1. The van der Waals surface area contributed by atoms with Gasteiger partial charge >= 0.3 is 0 Å². The van der Waals surface area contributed by atoms with Gasteiger partial charge in [-0.05, 0) is 37.8 Å². The lowest BCUT2D eigenvalue weighted by atomic mass is 10.2. The van der Waals surface area contributed by atoms with E-state index in [0.29, 0.717) is 0 Å². The molecule has 1 aromatic rings. The summed E-state index contributed by atoms with van der Waals surface area (Å²) in [5.74, 6) is 2.30. The number of methoxy groups -OCH3 is 1. The Morgan fingerprint density at radius 2 is 2.15 bits per heavy atom. The summed E-state index contributed by atoms with van der Waals surface area (Å²) in [6.07, 6.45) is 3.70. The van der Waals surface area contributed by atoms with Gasteiger partial charge in [0.1, 0.15) is 0 Å². The first-order chi connectivity index (χ1) is 9.85. The van der Waals surface area contributed by atoms with E-state index in [2.05, 4.69) is 18.3 Å². The Bertz CT molecular complexity index is 405. The molecule has 0 saturated heterocycles. The summed E-state index contributed by atoms with van der Waals surface area (Å²) >= 11 is 0. The van der Waals surface area contributed by atoms with Crippen molar-refractivity contribution >= 4 is 0 Å². The molecule has 0 radical (unpaired) electrons. The Labute approximate surface area is 121 Å². The molecular weight excluding hydrogens is 254 g/mol. The lowest BCUT2D eigenvalue weighted by Gasteiger charge is -2.15. The van der Waals surface area contributed by atoms with Crippen LogP contribution in [0, 0.1) is 5.92 Å². The van der Waals surface area contributed by atoms with E-state index in [1.807, 2.05) is 12.1 Å². The minimum absolute atomic E-state index is 0.289. The van der Waals surface area contributed by atoms with Crippen molar-refractivity contribution in [2.75, 3.05) is 27.1 Å². The first-order valence-corrected chi connectivity index (χ1v) is 7.42. The van der Waals surface area contributed by atoms with Gasteiger partial charge in [0, 0.05) is 12.1 Å². The minimum atomic E-state index is 0.289. The van der Waals surface area contributed by atoms with Crippen molar-refractivity contribution in [3.63, 3.8) is 0 Å². The van der Waals surface area contributed by atoms with E-state index < -0.39 is 0 Å². The first kappa shape index (κ1) is 15.1. The average molecular weight is 279 g/mol. The first-order valence-electron chi connectivity index (χ1n) is 7.42. The number of rotatable bonds is 10. The van der Waals surface area contributed by atoms with Gasteiger partial charge in [0.25, 0.3) is 0 Å². The van der Waals surface area contributed by atoms with Crippen LogP contribution in [0.15, 0.2) is 18.2 Å². The van der Waals surface area contributed by atoms with E-state index in [1.165, 1.54) is 12.8 Å². The zero-order valence-corrected chi connectivity index (χ0v) is 12.5. The monoisotopic (exact) mass is 279 g/mol. The Hall–Kier alpha value is -1.26. The van der Waals surface area contributed by atoms with Crippen LogP contribution in [0.2, 0.25) is 0 Å². The summed E-state index contributed by atoms with van der Waals surface area (Å²) in [5, 5.41) is 3.39. The number of nitrogens with one attached hydrogen (secondary N) is 1. The molecule has 0 atom stereocenters. The number of para-hydroxylation sites is 1. The second-order valence-electron chi connectivity index (χ2n) is 5.20. The molecule has 112 valence electrons. The summed E-state index contributed by atoms with van der Waals surface area (Å²) in [6, 6.07) is 5.96. The zero-order valence-electron chi connectivity index (χ0n) is 12.5. The molecule has 1 saturated carbocycles. The van der Waals surface area contributed by atoms with Crippen LogP contribution in [0.1, 0.15) is 31.7 Å². The van der Waals surface area contributed by atoms with Crippen LogP contribution in [0.3, 0.4) is 0 Å². The van der Waals surface area contributed by atoms with Gasteiger partial charge in [-0.1, -0.05) is 19.1 Å². The molecule has 1 aromatic carbocycles. The average Bonchev–Trinajstić information content (AvgIpc) is 3.29. The van der Waals surface area contributed by atoms with Crippen LogP contribution >= 0.6 is 0 Å². The summed E-state index contributed by atoms with van der Waals surface area (Å²) < 4.78 is 16.7. The molecule has 2 rings (SSSR count). The van der Waals surface area contributed by atoms with Gasteiger partial charge < -0.3 is 19.5 Å². The van der Waals surface area contributed by atoms with Gasteiger partial charge in [0.15, 0.2) is 18.3 Å². The molecule has 0 bridgehead atoms. The number of ether oxygens (including phenoxy) is 3. The second-order valence-corrected chi connectivity index (χ2v) is 5.20. The molecule has 20 heavy (non-hydrogen) atoms. The standard InChI is InChI=1S/C16H25NO3/c1-3-9-17-10-14-5-4-6-15(18-2)16(14)20-12-19-11-13-7-8-13/h4-6,13,17H,3,7-12H2,1-2H3. The largest absolute Gasteiger partial charge is 0.493 e. The molecule has 0 aromatic heterocycles. The Balaban J connectivity index is 1.90. The quantitative estimate of drug-likeness (QED) is 0.528. The van der Waals surface area contributed by atoms with Gasteiger partial charge in [-0.25, -0.2) is 0 Å². The van der Waals surface area contributed by atoms with Crippen molar-refractivity contribution in [1.29, 1.82) is 0 Å². The number of hydrogen-bond donors (Lipinski definition) is 1. The maximum atomic E-state index is 5.78. The topological polar surface area (TPSA) is 39.7 Å². The molecule has 1 aliphatic carbocycles. The van der Waals surface area contributed by atoms with E-state index in [9.17, 15) is 0 Å². The fraction of sp³-hybridized carbons (Fsp3) is 0.625. The summed E-state index contributed by atoms with van der Waals surface area (Å²) in [6.45, 7) is 5.02. The lowest BCUT2D eigenvalue weighted by molar-refractivity contribution is 0.00808. The van der Waals surface area contributed by atoms with Crippen LogP contribution in [-0.2, 0) is 11.3 Å². The number of hydrogen-bond acceptors (Lipinski definition) is 4. The fourth-order valence-electron chi connectivity index (χ4n) is 2.02. The third-order valence-corrected chi connectivity index (χ3v) is 3.36. The maximum Gasteiger partial charge on any atom is 0.189 e. The predicted molar refractivity (Wildman–Crippen MR) is 79.2 cm³/mol. The molecule has 4 heteroatoms. The van der Waals surface area contributed by atoms with Crippen LogP contribution in [0.5, 0.6) is 11.5 Å². The van der Waals surface area contributed by atoms with Gasteiger partial charge in [0.2, 0.25) is 0 Å². The summed E-state index contributed by atoms with van der Waals surface area (Å²) in [5.41, 5.74) is 1.10. The minimum Gasteiger partial charge on any atom is -0.493 e. The normalized spacial score (nSPS) is 14.3. The predicted octanol–water partition coefficient (Wildman–Crippen LogP) is 2.96. The highest BCUT2D eigenvalue weighted by molar-refractivity contribution is 5.46. The van der Waals surface area contributed by atoms with Crippen molar-refractivity contribution in [2.24, 2.45) is 5.92 Å². The molecule has 4 nitrogen and oxygen atoms in total. The molecular formula is C16H25NO3. The van der Waals surface area contributed by atoms with Crippen LogP contribution < -0.4 is 14.8 Å². The van der Waals surface area contributed by atoms with E-state index in [0.717, 1.165) is 49.1 Å². The van der Waals surface area contributed by atoms with Gasteiger partial charge in [-0.2, -0.15) is 0 Å². The van der Waals surface area contributed by atoms with Crippen molar-refractivity contribution in [3.05, 3.63) is 23.8 Å². The van der Waals surface area contributed by atoms with E-state index in [1.54, 1.807) is 7.11 Å². The summed E-state index contributed by atoms with van der Waals surface area (Å²) in [7, 11) is 1.66. The third kappa shape index (κ3) is 4.69. The molecule has 0 aliphatic heterocycles. The third-order valence-electron chi connectivity index (χ3n) is 3.36. The summed E-state index contributed by atoms with van der Waals surface area (Å²) in [4.78, 5) is 0. The number of benzene rings is 1. The molecule has 0 spiro atoms. The Morgan fingerprint density at radius 3 is 2.85 bits per heavy atom. The second kappa shape index (κ2) is 8.12. The smallest absolute Gasteiger partial charge is 0.189 e. The van der Waals surface area contributed by atoms with Crippen molar-refractivity contribution in [1.82, 2.24) is 5.32 Å². The molecule has 0 heterocycles. The van der Waals surface area contributed by atoms with E-state index >= 15 is 0 Å². The van der Waals surface area contributed by atoms with E-state index in [4.69, 9.17) is 14.2 Å². The molecule has 1 aliphatic rings. The van der Waals surface area contributed by atoms with Crippen molar-refractivity contribution < 1.29 is 14.2 Å². The molecule has 1 fully saturated rings. The Morgan fingerprint density at radius 1 is 1.30 bits per heavy atom. The van der Waals surface area contributed by atoms with Gasteiger partial charge in [0.05, 0.1) is 13.7 Å². The van der Waals surface area contributed by atoms with Crippen LogP contribution in [-0.4, -0.2) is 27.1 Å². The van der Waals surface area contributed by atoms with Crippen LogP contribution in [0.4, 0.5) is 0 Å². The van der Waals surface area contributed by atoms with Crippen molar-refractivity contribution in [2.45, 2.75) is 32.7 Å². The van der Waals surface area contributed by atoms with Gasteiger partial charge in [-0.15, -0.1) is 0 Å². The fourth-order valence-corrected chi connectivity index (χ4v) is 2.02. The molecule has 0 amide bonds. The molecule has 0 unspecified atom stereocenters. The van der Waals surface area contributed by atoms with E-state index in [-0.39, 0.29) is 6.79 Å². The molecule has 1 N–H and O–H groups in total. The maximum absolute atomic E-state index is 5.78. The zero-order chi connectivity index (χ0) is 14.2. The lowest BCUT2D eigenvalue weighted by Crippen LogP contribution is -2.15. The highest BCUT2D eigenvalue weighted by atomic mass is 16.7. The van der Waals surface area contributed by atoms with Gasteiger partial charge in [-0.3, -0.25) is 0 Å². The highest BCUT2D eigenvalue weighted by Crippen LogP contribution is 2.32. The van der Waals surface area contributed by atoms with Crippen LogP contribution in [0.25, 0.3) is 0 Å². The Kier molecular flexibility index (Phi) is 6.15.